The first-order valence-corrected chi connectivity index (χ1v) is 15.1. The van der Waals surface area contributed by atoms with Crippen LogP contribution in [0.25, 0.3) is 0 Å². The van der Waals surface area contributed by atoms with Crippen molar-refractivity contribution in [3.8, 4) is 0 Å². The van der Waals surface area contributed by atoms with Crippen LogP contribution in [0.2, 0.25) is 0 Å². The molecular formula is C32H26N4O9S. The van der Waals surface area contributed by atoms with Crippen LogP contribution in [0.5, 0.6) is 0 Å². The molecule has 0 saturated carbocycles. The van der Waals surface area contributed by atoms with Gasteiger partial charge in [0.15, 0.2) is 0 Å². The summed E-state index contributed by atoms with van der Waals surface area (Å²) < 4.78 is 36.2. The third-order valence-corrected chi connectivity index (χ3v) is 7.35. The monoisotopic (exact) mass is 642 g/mol. The van der Waals surface area contributed by atoms with Gasteiger partial charge in [-0.05, 0) is 41.5 Å². The van der Waals surface area contributed by atoms with E-state index in [9.17, 15) is 32.1 Å². The molecule has 0 fully saturated rings. The first-order chi connectivity index (χ1) is 22.1. The van der Waals surface area contributed by atoms with Gasteiger partial charge in [0.05, 0.1) is 5.69 Å². The van der Waals surface area contributed by atoms with Crippen LogP contribution in [-0.2, 0) is 23.3 Å². The Bertz CT molecular complexity index is 2110. The van der Waals surface area contributed by atoms with Crippen LogP contribution in [0.3, 0.4) is 0 Å². The predicted octanol–water partition coefficient (Wildman–Crippen LogP) is 3.02. The van der Waals surface area contributed by atoms with Crippen molar-refractivity contribution >= 4 is 33.3 Å². The van der Waals surface area contributed by atoms with E-state index < -0.39 is 37.9 Å². The van der Waals surface area contributed by atoms with Crippen LogP contribution < -0.4 is 31.4 Å². The molecule has 2 heterocycles. The second-order valence-electron chi connectivity index (χ2n) is 9.70. The molecule has 234 valence electrons. The molecular weight excluding hydrogens is 616 g/mol. The average Bonchev–Trinajstić information content (AvgIpc) is 3.04. The number of aromatic nitrogens is 2. The summed E-state index contributed by atoms with van der Waals surface area (Å²) in [5, 5.41) is 4.83. The maximum absolute atomic E-state index is 13.2. The lowest BCUT2D eigenvalue weighted by molar-refractivity contribution is 0.0742. The summed E-state index contributed by atoms with van der Waals surface area (Å²) in [4.78, 5) is 61.8. The summed E-state index contributed by atoms with van der Waals surface area (Å²) in [6.45, 7) is -0.0544. The van der Waals surface area contributed by atoms with Gasteiger partial charge in [-0.25, -0.2) is 0 Å². The zero-order valence-corrected chi connectivity index (χ0v) is 24.7. The molecule has 3 aromatic carbocycles. The number of benzene rings is 3. The topological polar surface area (TPSA) is 175 Å². The predicted molar refractivity (Wildman–Crippen MR) is 167 cm³/mol. The largest absolute Gasteiger partial charge is 0.405 e. The summed E-state index contributed by atoms with van der Waals surface area (Å²) in [5.41, 5.74) is -0.673. The molecule has 2 amide bonds. The molecule has 0 aliphatic heterocycles. The second kappa shape index (κ2) is 13.8. The zero-order valence-electron chi connectivity index (χ0n) is 23.9. The van der Waals surface area contributed by atoms with E-state index in [2.05, 4.69) is 10.6 Å². The van der Waals surface area contributed by atoms with Crippen LogP contribution in [0.15, 0.2) is 130 Å². The molecule has 5 rings (SSSR count). The Morgan fingerprint density at radius 2 is 1.11 bits per heavy atom. The molecule has 46 heavy (non-hydrogen) atoms. The Kier molecular flexibility index (Phi) is 9.40. The van der Waals surface area contributed by atoms with Crippen molar-refractivity contribution in [2.24, 2.45) is 0 Å². The van der Waals surface area contributed by atoms with Gasteiger partial charge in [-0.15, -0.1) is 9.46 Å². The SMILES string of the molecule is O=C(Nc1ccc(NC(=O)c2cccc(=O)n2OCc2ccccc2)c(S(=O)(=O)O)c1)c1cccc(=O)n1OCc1ccccc1. The van der Waals surface area contributed by atoms with E-state index in [-0.39, 0.29) is 36.0 Å². The van der Waals surface area contributed by atoms with Gasteiger partial charge in [0, 0.05) is 17.8 Å². The van der Waals surface area contributed by atoms with Gasteiger partial charge in [-0.1, -0.05) is 72.8 Å². The van der Waals surface area contributed by atoms with E-state index in [4.69, 9.17) is 9.68 Å². The number of pyridine rings is 2. The Morgan fingerprint density at radius 3 is 1.59 bits per heavy atom. The fraction of sp³-hybridized carbons (Fsp3) is 0.0625. The lowest BCUT2D eigenvalue weighted by Gasteiger charge is -2.16. The normalized spacial score (nSPS) is 11.0. The molecule has 0 saturated heterocycles. The molecule has 0 unspecified atom stereocenters. The summed E-state index contributed by atoms with van der Waals surface area (Å²) in [5.74, 6) is -1.75. The Hall–Kier alpha value is -5.99. The summed E-state index contributed by atoms with van der Waals surface area (Å²) >= 11 is 0. The number of carbonyl (C=O) groups excluding carboxylic acids is 2. The van der Waals surface area contributed by atoms with Crippen molar-refractivity contribution < 1.29 is 32.2 Å². The standard InChI is InChI=1S/C32H26N4O9S/c37-29-15-7-13-26(35(29)44-20-22-9-3-1-4-10-22)31(39)33-24-17-18-25(28(19-24)46(41,42)43)34-32(40)27-14-8-16-30(38)36(27)45-21-23-11-5-2-6-12-23/h1-19H,20-21H2,(H,33,39)(H,34,40)(H,41,42,43). The van der Waals surface area contributed by atoms with Crippen LogP contribution in [0, 0.1) is 0 Å². The number of carbonyl (C=O) groups is 2. The van der Waals surface area contributed by atoms with Crippen molar-refractivity contribution in [3.63, 3.8) is 0 Å². The van der Waals surface area contributed by atoms with Crippen molar-refractivity contribution in [3.05, 3.63) is 158 Å². The zero-order chi connectivity index (χ0) is 32.7. The van der Waals surface area contributed by atoms with Crippen molar-refractivity contribution in [2.75, 3.05) is 10.6 Å². The number of hydrogen-bond acceptors (Lipinski definition) is 8. The van der Waals surface area contributed by atoms with E-state index in [1.165, 1.54) is 42.5 Å². The molecule has 5 aromatic rings. The quantitative estimate of drug-likeness (QED) is 0.183. The smallest absolute Gasteiger partial charge is 0.296 e. The summed E-state index contributed by atoms with van der Waals surface area (Å²) in [6.07, 6.45) is 0. The van der Waals surface area contributed by atoms with Crippen LogP contribution >= 0.6 is 0 Å². The number of hydrogen-bond donors (Lipinski definition) is 3. The van der Waals surface area contributed by atoms with E-state index in [1.807, 2.05) is 12.1 Å². The Balaban J connectivity index is 1.37. The minimum atomic E-state index is -4.95. The van der Waals surface area contributed by atoms with Gasteiger partial charge in [-0.2, -0.15) is 8.42 Å². The summed E-state index contributed by atoms with van der Waals surface area (Å²) in [6, 6.07) is 28.9. The first kappa shape index (κ1) is 31.4. The number of anilines is 2. The molecule has 2 aromatic heterocycles. The molecule has 0 bridgehead atoms. The van der Waals surface area contributed by atoms with Crippen molar-refractivity contribution in [2.45, 2.75) is 18.1 Å². The van der Waals surface area contributed by atoms with E-state index in [1.54, 1.807) is 48.5 Å². The van der Waals surface area contributed by atoms with E-state index in [0.717, 1.165) is 32.7 Å². The fourth-order valence-corrected chi connectivity index (χ4v) is 4.95. The van der Waals surface area contributed by atoms with Gasteiger partial charge in [-0.3, -0.25) is 23.7 Å². The fourth-order valence-electron chi connectivity index (χ4n) is 4.28. The highest BCUT2D eigenvalue weighted by Crippen LogP contribution is 2.26. The first-order valence-electron chi connectivity index (χ1n) is 13.6. The molecule has 0 radical (unpaired) electrons. The van der Waals surface area contributed by atoms with Gasteiger partial charge >= 0.3 is 0 Å². The van der Waals surface area contributed by atoms with Crippen LogP contribution in [0.4, 0.5) is 11.4 Å². The number of rotatable bonds is 11. The van der Waals surface area contributed by atoms with Gasteiger partial charge in [0.1, 0.15) is 29.5 Å². The highest BCUT2D eigenvalue weighted by atomic mass is 32.2. The maximum Gasteiger partial charge on any atom is 0.296 e. The number of nitrogens with zero attached hydrogens (tertiary/aromatic N) is 2. The van der Waals surface area contributed by atoms with Gasteiger partial charge in [0.2, 0.25) is 0 Å². The average molecular weight is 643 g/mol. The second-order valence-corrected chi connectivity index (χ2v) is 11.1. The molecule has 0 aliphatic carbocycles. The molecule has 0 atom stereocenters. The van der Waals surface area contributed by atoms with E-state index in [0.29, 0.717) is 0 Å². The Morgan fingerprint density at radius 1 is 0.630 bits per heavy atom. The van der Waals surface area contributed by atoms with Crippen molar-refractivity contribution in [1.29, 1.82) is 0 Å². The lowest BCUT2D eigenvalue weighted by atomic mass is 10.2. The third kappa shape index (κ3) is 7.56. The molecule has 3 N–H and O–H groups in total. The highest BCUT2D eigenvalue weighted by molar-refractivity contribution is 7.86. The third-order valence-electron chi connectivity index (χ3n) is 6.46. The lowest BCUT2D eigenvalue weighted by Crippen LogP contribution is -2.33. The molecule has 13 nitrogen and oxygen atoms in total. The summed E-state index contributed by atoms with van der Waals surface area (Å²) in [7, 11) is -4.95. The Labute approximate surface area is 261 Å². The van der Waals surface area contributed by atoms with Crippen molar-refractivity contribution in [1.82, 2.24) is 9.46 Å². The van der Waals surface area contributed by atoms with Gasteiger partial charge in [0.25, 0.3) is 33.1 Å². The molecule has 0 spiro atoms. The minimum absolute atomic E-state index is 0.0150. The number of amides is 2. The van der Waals surface area contributed by atoms with Crippen LogP contribution in [-0.4, -0.2) is 34.2 Å². The maximum atomic E-state index is 13.2. The minimum Gasteiger partial charge on any atom is -0.405 e. The molecule has 14 heteroatoms. The van der Waals surface area contributed by atoms with E-state index >= 15 is 0 Å². The molecule has 0 aliphatic rings. The number of nitrogens with one attached hydrogen (secondary N) is 2. The van der Waals surface area contributed by atoms with Crippen LogP contribution in [0.1, 0.15) is 32.1 Å². The highest BCUT2D eigenvalue weighted by Gasteiger charge is 2.22. The van der Waals surface area contributed by atoms with Gasteiger partial charge < -0.3 is 20.3 Å².